The van der Waals surface area contributed by atoms with Crippen molar-refractivity contribution in [3.05, 3.63) is 47.7 Å². The van der Waals surface area contributed by atoms with E-state index in [1.807, 2.05) is 18.3 Å². The SMILES string of the molecule is COc1cccc2c1NC(c1nc([C@H]3CC[C@H](C(=O)OC)CC3)n3ccnc(N)c13)C2. The predicted molar refractivity (Wildman–Crippen MR) is 117 cm³/mol. The van der Waals surface area contributed by atoms with E-state index in [1.165, 1.54) is 12.7 Å². The number of fused-ring (bicyclic) bond motifs is 2. The number of nitrogens with zero attached hydrogens (tertiary/aromatic N) is 3. The van der Waals surface area contributed by atoms with Crippen molar-refractivity contribution in [1.29, 1.82) is 0 Å². The number of imidazole rings is 1. The van der Waals surface area contributed by atoms with Crippen LogP contribution in [0.15, 0.2) is 30.6 Å². The minimum atomic E-state index is -0.109. The average molecular weight is 422 g/mol. The van der Waals surface area contributed by atoms with Gasteiger partial charge in [0, 0.05) is 24.7 Å². The second kappa shape index (κ2) is 7.76. The van der Waals surface area contributed by atoms with Gasteiger partial charge in [0.05, 0.1) is 37.6 Å². The first-order valence-electron chi connectivity index (χ1n) is 10.7. The van der Waals surface area contributed by atoms with E-state index in [1.54, 1.807) is 13.3 Å². The third-order valence-electron chi connectivity index (χ3n) is 6.67. The van der Waals surface area contributed by atoms with Crippen LogP contribution in [0.2, 0.25) is 0 Å². The summed E-state index contributed by atoms with van der Waals surface area (Å²) >= 11 is 0. The molecule has 0 spiro atoms. The van der Waals surface area contributed by atoms with E-state index in [0.717, 1.165) is 60.6 Å². The largest absolute Gasteiger partial charge is 0.495 e. The number of esters is 1. The number of carbonyl (C=O) groups excluding carboxylic acids is 1. The number of nitrogen functional groups attached to an aromatic ring is 1. The molecule has 1 aliphatic heterocycles. The number of anilines is 2. The van der Waals surface area contributed by atoms with Crippen LogP contribution >= 0.6 is 0 Å². The first kappa shape index (κ1) is 19.7. The first-order chi connectivity index (χ1) is 15.1. The van der Waals surface area contributed by atoms with Gasteiger partial charge in [-0.25, -0.2) is 9.97 Å². The molecule has 3 aromatic rings. The monoisotopic (exact) mass is 421 g/mol. The van der Waals surface area contributed by atoms with Gasteiger partial charge in [0.15, 0.2) is 0 Å². The molecule has 3 heterocycles. The number of benzene rings is 1. The Labute approximate surface area is 180 Å². The molecule has 1 saturated carbocycles. The number of carbonyl (C=O) groups is 1. The molecule has 31 heavy (non-hydrogen) atoms. The number of ether oxygens (including phenoxy) is 2. The molecule has 5 rings (SSSR count). The number of para-hydroxylation sites is 1. The highest BCUT2D eigenvalue weighted by Crippen LogP contribution is 2.43. The number of rotatable bonds is 4. The van der Waals surface area contributed by atoms with Crippen molar-refractivity contribution in [2.45, 2.75) is 44.1 Å². The number of hydrogen-bond acceptors (Lipinski definition) is 7. The van der Waals surface area contributed by atoms with Crippen LogP contribution in [-0.2, 0) is 16.0 Å². The van der Waals surface area contributed by atoms with Gasteiger partial charge in [0.2, 0.25) is 0 Å². The van der Waals surface area contributed by atoms with Crippen molar-refractivity contribution >= 4 is 23.0 Å². The maximum Gasteiger partial charge on any atom is 0.308 e. The van der Waals surface area contributed by atoms with Gasteiger partial charge in [-0.1, -0.05) is 12.1 Å². The zero-order valence-electron chi connectivity index (χ0n) is 17.8. The Bertz CT molecular complexity index is 1130. The van der Waals surface area contributed by atoms with E-state index >= 15 is 0 Å². The van der Waals surface area contributed by atoms with Crippen LogP contribution in [0, 0.1) is 5.92 Å². The average Bonchev–Trinajstić information content (AvgIpc) is 3.41. The Hall–Kier alpha value is -3.29. The molecule has 1 fully saturated rings. The number of hydrogen-bond donors (Lipinski definition) is 2. The second-order valence-electron chi connectivity index (χ2n) is 8.35. The normalized spacial score (nSPS) is 22.7. The second-order valence-corrected chi connectivity index (χ2v) is 8.35. The maximum absolute atomic E-state index is 11.9. The van der Waals surface area contributed by atoms with E-state index in [4.69, 9.17) is 20.2 Å². The van der Waals surface area contributed by atoms with Crippen molar-refractivity contribution in [2.75, 3.05) is 25.3 Å². The maximum atomic E-state index is 11.9. The van der Waals surface area contributed by atoms with Crippen LogP contribution in [0.1, 0.15) is 54.7 Å². The van der Waals surface area contributed by atoms with Crippen LogP contribution in [0.25, 0.3) is 5.52 Å². The zero-order valence-corrected chi connectivity index (χ0v) is 17.8. The van der Waals surface area contributed by atoms with Gasteiger partial charge < -0.3 is 20.5 Å². The summed E-state index contributed by atoms with van der Waals surface area (Å²) in [6, 6.07) is 6.07. The summed E-state index contributed by atoms with van der Waals surface area (Å²) in [6.07, 6.45) is 7.88. The van der Waals surface area contributed by atoms with Crippen molar-refractivity contribution in [3.63, 3.8) is 0 Å². The molecule has 0 radical (unpaired) electrons. The summed E-state index contributed by atoms with van der Waals surface area (Å²) in [5.41, 5.74) is 10.3. The summed E-state index contributed by atoms with van der Waals surface area (Å²) in [5.74, 6) is 2.44. The summed E-state index contributed by atoms with van der Waals surface area (Å²) < 4.78 is 12.5. The quantitative estimate of drug-likeness (QED) is 0.622. The fraction of sp³-hybridized carbons (Fsp3) is 0.435. The lowest BCUT2D eigenvalue weighted by molar-refractivity contribution is -0.146. The Morgan fingerprint density at radius 1 is 1.23 bits per heavy atom. The molecule has 162 valence electrons. The molecule has 2 aromatic heterocycles. The van der Waals surface area contributed by atoms with Crippen molar-refractivity contribution in [3.8, 4) is 5.75 Å². The number of nitrogens with two attached hydrogens (primary N) is 1. The lowest BCUT2D eigenvalue weighted by Gasteiger charge is -2.26. The van der Waals surface area contributed by atoms with Gasteiger partial charge in [-0.3, -0.25) is 9.20 Å². The van der Waals surface area contributed by atoms with E-state index in [2.05, 4.69) is 20.8 Å². The van der Waals surface area contributed by atoms with Crippen molar-refractivity contribution in [2.24, 2.45) is 5.92 Å². The summed E-state index contributed by atoms with van der Waals surface area (Å²) in [4.78, 5) is 21.4. The molecule has 2 aliphatic rings. The molecule has 0 saturated heterocycles. The van der Waals surface area contributed by atoms with E-state index in [0.29, 0.717) is 5.82 Å². The Balaban J connectivity index is 1.49. The van der Waals surface area contributed by atoms with Gasteiger partial charge in [0.25, 0.3) is 0 Å². The third kappa shape index (κ3) is 3.26. The molecule has 1 aromatic carbocycles. The molecule has 8 heteroatoms. The highest BCUT2D eigenvalue weighted by molar-refractivity contribution is 5.74. The fourth-order valence-electron chi connectivity index (χ4n) is 5.09. The minimum absolute atomic E-state index is 0.00652. The Morgan fingerprint density at radius 3 is 2.77 bits per heavy atom. The highest BCUT2D eigenvalue weighted by atomic mass is 16.5. The smallest absolute Gasteiger partial charge is 0.308 e. The molecule has 1 aliphatic carbocycles. The molecule has 3 N–H and O–H groups in total. The van der Waals surface area contributed by atoms with Gasteiger partial charge in [0.1, 0.15) is 22.9 Å². The number of nitrogens with one attached hydrogen (secondary N) is 1. The standard InChI is InChI=1S/C23H27N5O3/c1-30-17-5-3-4-15-12-16(26-18(15)17)19-20-21(24)25-10-11-28(20)22(27-19)13-6-8-14(9-7-13)23(29)31-2/h3-5,10-11,13-14,16,26H,6-9,12H2,1-2H3,(H2,24,25)/t13-,14-,16?. The van der Waals surface area contributed by atoms with Gasteiger partial charge in [-0.15, -0.1) is 0 Å². The van der Waals surface area contributed by atoms with Crippen LogP contribution in [0.3, 0.4) is 0 Å². The van der Waals surface area contributed by atoms with E-state index in [9.17, 15) is 4.79 Å². The zero-order chi connectivity index (χ0) is 21.5. The lowest BCUT2D eigenvalue weighted by atomic mass is 9.81. The van der Waals surface area contributed by atoms with Crippen molar-refractivity contribution < 1.29 is 14.3 Å². The molecule has 0 bridgehead atoms. The van der Waals surface area contributed by atoms with Gasteiger partial charge in [-0.2, -0.15) is 0 Å². The van der Waals surface area contributed by atoms with Crippen LogP contribution in [0.5, 0.6) is 5.75 Å². The third-order valence-corrected chi connectivity index (χ3v) is 6.67. The topological polar surface area (TPSA) is 104 Å². The van der Waals surface area contributed by atoms with E-state index < -0.39 is 0 Å². The first-order valence-corrected chi connectivity index (χ1v) is 10.7. The summed E-state index contributed by atoms with van der Waals surface area (Å²) in [6.45, 7) is 0. The molecule has 8 nitrogen and oxygen atoms in total. The van der Waals surface area contributed by atoms with Crippen LogP contribution < -0.4 is 15.8 Å². The molecule has 0 amide bonds. The number of aromatic nitrogens is 3. The molecule has 1 atom stereocenters. The van der Waals surface area contributed by atoms with Gasteiger partial charge >= 0.3 is 5.97 Å². The minimum Gasteiger partial charge on any atom is -0.495 e. The molecular weight excluding hydrogens is 394 g/mol. The lowest BCUT2D eigenvalue weighted by Crippen LogP contribution is -2.23. The van der Waals surface area contributed by atoms with Crippen LogP contribution in [0.4, 0.5) is 11.5 Å². The van der Waals surface area contributed by atoms with Crippen LogP contribution in [-0.4, -0.2) is 34.6 Å². The molecular formula is C23H27N5O3. The number of methoxy groups -OCH3 is 2. The summed E-state index contributed by atoms with van der Waals surface area (Å²) in [5, 5.41) is 3.59. The van der Waals surface area contributed by atoms with Crippen molar-refractivity contribution in [1.82, 2.24) is 14.4 Å². The highest BCUT2D eigenvalue weighted by Gasteiger charge is 2.34. The molecule has 1 unspecified atom stereocenters. The fourth-order valence-corrected chi connectivity index (χ4v) is 5.09. The Morgan fingerprint density at radius 2 is 2.03 bits per heavy atom. The Kier molecular flexibility index (Phi) is 4.92. The van der Waals surface area contributed by atoms with Gasteiger partial charge in [-0.05, 0) is 37.3 Å². The van der Waals surface area contributed by atoms with E-state index in [-0.39, 0.29) is 23.8 Å². The summed E-state index contributed by atoms with van der Waals surface area (Å²) in [7, 11) is 3.14. The predicted octanol–water partition coefficient (Wildman–Crippen LogP) is 3.48.